The number of aliphatic imine (C=N–C) groups is 1. The van der Waals surface area contributed by atoms with Gasteiger partial charge in [-0.05, 0) is 53.6 Å². The monoisotopic (exact) mass is 520 g/mol. The molecule has 0 fully saturated rings. The molecule has 0 spiro atoms. The van der Waals surface area contributed by atoms with Crippen LogP contribution < -0.4 is 33.6 Å². The van der Waals surface area contributed by atoms with Gasteiger partial charge in [0.05, 0.1) is 23.4 Å². The third kappa shape index (κ3) is 9.91. The summed E-state index contributed by atoms with van der Waals surface area (Å²) in [5.74, 6) is -1.85. The van der Waals surface area contributed by atoms with Crippen molar-refractivity contribution < 1.29 is 14.4 Å². The number of nitriles is 1. The van der Waals surface area contributed by atoms with Gasteiger partial charge in [0.15, 0.2) is 5.96 Å². The van der Waals surface area contributed by atoms with Crippen molar-refractivity contribution in [3.05, 3.63) is 65.2 Å². The molecular weight excluding hydrogens is 484 g/mol. The molecule has 0 heterocycles. The molecular formula is C27H36N8O3. The number of carbonyl (C=O) groups is 3. The number of nitrogens with two attached hydrogens (primary N) is 4. The Kier molecular flexibility index (Phi) is 10.4. The van der Waals surface area contributed by atoms with Crippen LogP contribution in [-0.4, -0.2) is 41.8 Å². The summed E-state index contributed by atoms with van der Waals surface area (Å²) in [7, 11) is 0. The Morgan fingerprint density at radius 3 is 1.89 bits per heavy atom. The quantitative estimate of drug-likeness (QED) is 0.182. The molecule has 3 amide bonds. The summed E-state index contributed by atoms with van der Waals surface area (Å²) in [5, 5.41) is 14.4. The van der Waals surface area contributed by atoms with Gasteiger partial charge in [-0.3, -0.25) is 14.4 Å². The molecule has 2 rings (SSSR count). The third-order valence-corrected chi connectivity index (χ3v) is 5.62. The van der Waals surface area contributed by atoms with Gasteiger partial charge in [-0.1, -0.05) is 45.0 Å². The normalized spacial score (nSPS) is 13.3. The minimum atomic E-state index is -1.03. The lowest BCUT2D eigenvalue weighted by atomic mass is 9.87. The second-order valence-electron chi connectivity index (χ2n) is 10.3. The highest BCUT2D eigenvalue weighted by Crippen LogP contribution is 2.21. The van der Waals surface area contributed by atoms with Crippen LogP contribution in [0.3, 0.4) is 0 Å². The van der Waals surface area contributed by atoms with Gasteiger partial charge >= 0.3 is 0 Å². The number of rotatable bonds is 11. The molecule has 38 heavy (non-hydrogen) atoms. The third-order valence-electron chi connectivity index (χ3n) is 5.62. The number of hydrogen-bond acceptors (Lipinski definition) is 6. The molecule has 2 aromatic rings. The molecule has 10 N–H and O–H groups in total. The van der Waals surface area contributed by atoms with Gasteiger partial charge in [-0.15, -0.1) is 0 Å². The van der Waals surface area contributed by atoms with E-state index in [4.69, 9.17) is 28.2 Å². The Bertz CT molecular complexity index is 1190. The van der Waals surface area contributed by atoms with E-state index >= 15 is 0 Å². The average Bonchev–Trinajstić information content (AvgIpc) is 2.83. The van der Waals surface area contributed by atoms with Gasteiger partial charge in [0, 0.05) is 6.42 Å². The molecule has 202 valence electrons. The van der Waals surface area contributed by atoms with Crippen molar-refractivity contribution >= 4 is 29.4 Å². The second-order valence-corrected chi connectivity index (χ2v) is 10.3. The fourth-order valence-corrected chi connectivity index (χ4v) is 3.75. The number of guanidine groups is 1. The van der Waals surface area contributed by atoms with Crippen molar-refractivity contribution in [2.45, 2.75) is 58.2 Å². The van der Waals surface area contributed by atoms with Crippen LogP contribution in [0.25, 0.3) is 0 Å². The molecule has 2 aromatic carbocycles. The van der Waals surface area contributed by atoms with E-state index in [9.17, 15) is 14.4 Å². The number of hydrogen-bond donors (Lipinski definition) is 6. The number of nitrogens with one attached hydrogen (secondary N) is 2. The van der Waals surface area contributed by atoms with Crippen molar-refractivity contribution in [2.75, 3.05) is 0 Å². The first-order chi connectivity index (χ1) is 17.8. The first-order valence-corrected chi connectivity index (χ1v) is 12.1. The van der Waals surface area contributed by atoms with E-state index in [-0.39, 0.29) is 24.2 Å². The lowest BCUT2D eigenvalue weighted by Crippen LogP contribution is -2.56. The van der Waals surface area contributed by atoms with Gasteiger partial charge < -0.3 is 33.6 Å². The summed E-state index contributed by atoms with van der Waals surface area (Å²) in [6.45, 7) is 5.77. The fraction of sp³-hybridized carbons (Fsp3) is 0.370. The first-order valence-electron chi connectivity index (χ1n) is 12.1. The highest BCUT2D eigenvalue weighted by atomic mass is 16.2. The predicted molar refractivity (Wildman–Crippen MR) is 146 cm³/mol. The Balaban J connectivity index is 2.19. The topological polar surface area (TPSA) is 216 Å². The lowest BCUT2D eigenvalue weighted by Gasteiger charge is -2.27. The van der Waals surface area contributed by atoms with Crippen molar-refractivity contribution in [3.63, 3.8) is 0 Å². The van der Waals surface area contributed by atoms with Crippen molar-refractivity contribution in [1.29, 1.82) is 5.26 Å². The summed E-state index contributed by atoms with van der Waals surface area (Å²) in [6, 6.07) is 12.7. The highest BCUT2D eigenvalue weighted by Gasteiger charge is 2.30. The van der Waals surface area contributed by atoms with Gasteiger partial charge in [0.2, 0.25) is 17.7 Å². The number of primary amides is 1. The van der Waals surface area contributed by atoms with Crippen LogP contribution in [0.2, 0.25) is 0 Å². The minimum absolute atomic E-state index is 0.0681. The standard InChI is InChI=1S/C27H36N8O3/c1-27(2,3)14-22(23(30)36)35-25(38)21(13-17-4-6-18(15-28)7-5-17)34-24(37)20(29)12-16-8-10-19(11-9-16)33-26(31)32/h4-11,20-22H,12-14,29H2,1-3H3,(H2,30,36)(H,34,37)(H,35,38)(H4,31,32,33)/t20-,21-,22-/m0/s1. The lowest BCUT2D eigenvalue weighted by molar-refractivity contribution is -0.132. The van der Waals surface area contributed by atoms with E-state index in [1.165, 1.54) is 0 Å². The van der Waals surface area contributed by atoms with Crippen LogP contribution in [0.4, 0.5) is 5.69 Å². The van der Waals surface area contributed by atoms with E-state index in [1.54, 1.807) is 48.5 Å². The molecule has 11 heteroatoms. The Labute approximate surface area is 222 Å². The van der Waals surface area contributed by atoms with Crippen molar-refractivity contribution in [1.82, 2.24) is 10.6 Å². The fourth-order valence-electron chi connectivity index (χ4n) is 3.75. The minimum Gasteiger partial charge on any atom is -0.370 e. The smallest absolute Gasteiger partial charge is 0.243 e. The van der Waals surface area contributed by atoms with Crippen LogP contribution in [0, 0.1) is 16.7 Å². The number of benzene rings is 2. The predicted octanol–water partition coefficient (Wildman–Crippen LogP) is 0.467. The number of nitrogens with zero attached hydrogens (tertiary/aromatic N) is 2. The zero-order chi connectivity index (χ0) is 28.5. The molecule has 0 saturated heterocycles. The van der Waals surface area contributed by atoms with Gasteiger partial charge in [0.25, 0.3) is 0 Å². The number of carbonyl (C=O) groups excluding carboxylic acids is 3. The van der Waals surface area contributed by atoms with Crippen molar-refractivity contribution in [2.24, 2.45) is 33.3 Å². The van der Waals surface area contributed by atoms with Crippen LogP contribution in [0.1, 0.15) is 43.9 Å². The summed E-state index contributed by atoms with van der Waals surface area (Å²) >= 11 is 0. The maximum atomic E-state index is 13.3. The molecule has 0 aliphatic heterocycles. The molecule has 0 aliphatic rings. The second kappa shape index (κ2) is 13.2. The average molecular weight is 521 g/mol. The van der Waals surface area contributed by atoms with Crippen LogP contribution in [0.5, 0.6) is 0 Å². The van der Waals surface area contributed by atoms with E-state index < -0.39 is 35.8 Å². The molecule has 0 bridgehead atoms. The summed E-state index contributed by atoms with van der Waals surface area (Å²) in [5.41, 5.74) is 24.7. The summed E-state index contributed by atoms with van der Waals surface area (Å²) < 4.78 is 0. The van der Waals surface area contributed by atoms with Gasteiger partial charge in [-0.25, -0.2) is 4.99 Å². The summed E-state index contributed by atoms with van der Waals surface area (Å²) in [4.78, 5) is 42.2. The maximum Gasteiger partial charge on any atom is 0.243 e. The Hall–Kier alpha value is -4.43. The largest absolute Gasteiger partial charge is 0.370 e. The SMILES string of the molecule is CC(C)(C)C[C@H](NC(=O)[C@H](Cc1ccc(C#N)cc1)NC(=O)[C@@H](N)Cc1ccc(N=C(N)N)cc1)C(N)=O. The molecule has 0 aromatic heterocycles. The molecule has 3 atom stereocenters. The Morgan fingerprint density at radius 1 is 0.868 bits per heavy atom. The first kappa shape index (κ1) is 29.8. The molecule has 11 nitrogen and oxygen atoms in total. The Morgan fingerprint density at radius 2 is 1.39 bits per heavy atom. The zero-order valence-corrected chi connectivity index (χ0v) is 21.9. The zero-order valence-electron chi connectivity index (χ0n) is 21.9. The number of amides is 3. The highest BCUT2D eigenvalue weighted by molar-refractivity contribution is 5.93. The molecule has 0 aliphatic carbocycles. The van der Waals surface area contributed by atoms with E-state index in [0.717, 1.165) is 5.56 Å². The van der Waals surface area contributed by atoms with E-state index in [0.29, 0.717) is 23.2 Å². The molecule has 0 unspecified atom stereocenters. The van der Waals surface area contributed by atoms with Gasteiger partial charge in [0.1, 0.15) is 12.1 Å². The maximum absolute atomic E-state index is 13.3. The van der Waals surface area contributed by atoms with E-state index in [1.807, 2.05) is 26.8 Å². The summed E-state index contributed by atoms with van der Waals surface area (Å²) in [6.07, 6.45) is 0.637. The van der Waals surface area contributed by atoms with Crippen LogP contribution in [-0.2, 0) is 27.2 Å². The van der Waals surface area contributed by atoms with Crippen LogP contribution >= 0.6 is 0 Å². The van der Waals surface area contributed by atoms with Crippen LogP contribution in [0.15, 0.2) is 53.5 Å². The van der Waals surface area contributed by atoms with E-state index in [2.05, 4.69) is 15.6 Å². The van der Waals surface area contributed by atoms with Crippen molar-refractivity contribution in [3.8, 4) is 6.07 Å². The molecule has 0 saturated carbocycles. The van der Waals surface area contributed by atoms with Gasteiger partial charge in [-0.2, -0.15) is 5.26 Å². The molecule has 0 radical (unpaired) electrons.